The Bertz CT molecular complexity index is 1970. The Hall–Kier alpha value is -4.69. The number of carbonyl (C=O) groups excluding carboxylic acids is 1. The lowest BCUT2D eigenvalue weighted by Crippen LogP contribution is -2.52. The molecule has 0 atom stereocenters. The number of aromatic hydroxyl groups is 1. The highest BCUT2D eigenvalue weighted by atomic mass is 35.5. The standard InChI is InChI=1S/C31H25ClN4O4/c1-3-28(38)34-15-19(16-34)17-35-26-14-25(32)24(23-12-21(37)11-20-8-4-5-9-22(20)23)13-27(26)36(31(40)30(35)39)29-18(2)7-6-10-33-29/h3-14,19,37H,1,15-17H2,2H3. The molecule has 0 aliphatic carbocycles. The highest BCUT2D eigenvalue weighted by molar-refractivity contribution is 6.34. The van der Waals surface area contributed by atoms with E-state index in [2.05, 4.69) is 11.6 Å². The molecule has 2 aromatic heterocycles. The first-order valence-electron chi connectivity index (χ1n) is 12.8. The van der Waals surface area contributed by atoms with E-state index in [-0.39, 0.29) is 24.1 Å². The number of nitrogens with zero attached hydrogens (tertiary/aromatic N) is 4. The molecular weight excluding hydrogens is 528 g/mol. The van der Waals surface area contributed by atoms with Crippen LogP contribution in [0.25, 0.3) is 38.8 Å². The fourth-order valence-electron chi connectivity index (χ4n) is 5.46. The van der Waals surface area contributed by atoms with Gasteiger partial charge in [0.25, 0.3) is 0 Å². The molecule has 1 N–H and O–H groups in total. The van der Waals surface area contributed by atoms with Gasteiger partial charge in [-0.05, 0) is 65.2 Å². The Morgan fingerprint density at radius 2 is 1.82 bits per heavy atom. The smallest absolute Gasteiger partial charge is 0.322 e. The summed E-state index contributed by atoms with van der Waals surface area (Å²) in [5.74, 6) is 0.254. The fraction of sp³-hybridized carbons (Fsp3) is 0.161. The lowest BCUT2D eigenvalue weighted by atomic mass is 9.96. The second-order valence-electron chi connectivity index (χ2n) is 10.0. The van der Waals surface area contributed by atoms with Gasteiger partial charge in [0, 0.05) is 37.3 Å². The van der Waals surface area contributed by atoms with Gasteiger partial charge in [-0.2, -0.15) is 0 Å². The van der Waals surface area contributed by atoms with Gasteiger partial charge in [-0.1, -0.05) is 48.5 Å². The zero-order chi connectivity index (χ0) is 28.1. The third-order valence-corrected chi connectivity index (χ3v) is 7.75. The van der Waals surface area contributed by atoms with Crippen molar-refractivity contribution < 1.29 is 9.90 Å². The summed E-state index contributed by atoms with van der Waals surface area (Å²) in [6.07, 6.45) is 2.84. The minimum absolute atomic E-state index is 0.00916. The van der Waals surface area contributed by atoms with Crippen LogP contribution in [-0.4, -0.2) is 43.1 Å². The molecule has 0 saturated carbocycles. The molecule has 3 aromatic carbocycles. The van der Waals surface area contributed by atoms with Gasteiger partial charge in [0.2, 0.25) is 5.91 Å². The second-order valence-corrected chi connectivity index (χ2v) is 10.5. The molecule has 0 radical (unpaired) electrons. The van der Waals surface area contributed by atoms with Crippen LogP contribution in [0.5, 0.6) is 5.75 Å². The number of fused-ring (bicyclic) bond motifs is 2. The minimum atomic E-state index is -0.735. The number of benzene rings is 3. The molecule has 0 bridgehead atoms. The van der Waals surface area contributed by atoms with Crippen LogP contribution in [0.3, 0.4) is 0 Å². The van der Waals surface area contributed by atoms with Gasteiger partial charge in [0.1, 0.15) is 11.6 Å². The first-order valence-corrected chi connectivity index (χ1v) is 13.2. The summed E-state index contributed by atoms with van der Waals surface area (Å²) < 4.78 is 2.78. The summed E-state index contributed by atoms with van der Waals surface area (Å²) in [6, 6.07) is 18.0. The Morgan fingerprint density at radius 1 is 1.05 bits per heavy atom. The lowest BCUT2D eigenvalue weighted by Gasteiger charge is -2.39. The molecule has 0 spiro atoms. The van der Waals surface area contributed by atoms with E-state index in [1.54, 1.807) is 41.4 Å². The Balaban J connectivity index is 1.62. The maximum Gasteiger partial charge on any atom is 0.322 e. The van der Waals surface area contributed by atoms with Crippen molar-refractivity contribution in [3.05, 3.63) is 111 Å². The van der Waals surface area contributed by atoms with Gasteiger partial charge in [-0.25, -0.2) is 4.98 Å². The normalized spacial score (nSPS) is 13.5. The summed E-state index contributed by atoms with van der Waals surface area (Å²) in [7, 11) is 0. The van der Waals surface area contributed by atoms with Crippen molar-refractivity contribution in [2.24, 2.45) is 5.92 Å². The first-order chi connectivity index (χ1) is 19.3. The van der Waals surface area contributed by atoms with E-state index in [9.17, 15) is 19.5 Å². The van der Waals surface area contributed by atoms with E-state index in [1.165, 1.54) is 15.2 Å². The number of pyridine rings is 1. The summed E-state index contributed by atoms with van der Waals surface area (Å²) in [4.78, 5) is 45.3. The first kappa shape index (κ1) is 25.6. The van der Waals surface area contributed by atoms with Crippen LogP contribution in [0.2, 0.25) is 5.02 Å². The number of hydrogen-bond donors (Lipinski definition) is 1. The molecule has 6 rings (SSSR count). The number of aryl methyl sites for hydroxylation is 1. The van der Waals surface area contributed by atoms with Crippen molar-refractivity contribution in [1.29, 1.82) is 0 Å². The number of likely N-dealkylation sites (tertiary alicyclic amines) is 1. The Morgan fingerprint density at radius 3 is 2.58 bits per heavy atom. The van der Waals surface area contributed by atoms with Gasteiger partial charge in [-0.3, -0.25) is 19.0 Å². The second kappa shape index (κ2) is 9.81. The number of aromatic nitrogens is 3. The molecule has 200 valence electrons. The summed E-state index contributed by atoms with van der Waals surface area (Å²) in [5.41, 5.74) is 1.51. The monoisotopic (exact) mass is 552 g/mol. The molecule has 5 aromatic rings. The molecule has 0 unspecified atom stereocenters. The van der Waals surface area contributed by atoms with Gasteiger partial charge < -0.3 is 14.6 Å². The Labute approximate surface area is 234 Å². The molecule has 3 heterocycles. The number of phenolic OH excluding ortho intramolecular Hbond substituents is 1. The SMILES string of the molecule is C=CC(=O)N1CC(Cn2c(=O)c(=O)n(-c3ncccc3C)c3cc(-c4cc(O)cc5ccccc45)c(Cl)cc32)C1. The molecule has 1 fully saturated rings. The maximum atomic E-state index is 13.7. The van der Waals surface area contributed by atoms with Crippen LogP contribution in [0, 0.1) is 12.8 Å². The molecule has 1 saturated heterocycles. The fourth-order valence-corrected chi connectivity index (χ4v) is 5.72. The van der Waals surface area contributed by atoms with Crippen LogP contribution < -0.4 is 11.1 Å². The summed E-state index contributed by atoms with van der Waals surface area (Å²) in [5, 5.41) is 12.6. The number of amides is 1. The third-order valence-electron chi connectivity index (χ3n) is 7.44. The molecule has 9 heteroatoms. The van der Waals surface area contributed by atoms with Crippen molar-refractivity contribution in [2.75, 3.05) is 13.1 Å². The van der Waals surface area contributed by atoms with Crippen molar-refractivity contribution in [2.45, 2.75) is 13.5 Å². The molecule has 1 amide bonds. The predicted molar refractivity (Wildman–Crippen MR) is 156 cm³/mol. The lowest BCUT2D eigenvalue weighted by molar-refractivity contribution is -0.132. The van der Waals surface area contributed by atoms with Crippen molar-refractivity contribution >= 4 is 39.3 Å². The maximum absolute atomic E-state index is 13.7. The van der Waals surface area contributed by atoms with Crippen molar-refractivity contribution in [3.63, 3.8) is 0 Å². The molecular formula is C31H25ClN4O4. The largest absolute Gasteiger partial charge is 0.508 e. The quantitative estimate of drug-likeness (QED) is 0.252. The van der Waals surface area contributed by atoms with E-state index in [0.29, 0.717) is 46.1 Å². The predicted octanol–water partition coefficient (Wildman–Crippen LogP) is 4.68. The topological polar surface area (TPSA) is 97.4 Å². The molecule has 40 heavy (non-hydrogen) atoms. The van der Waals surface area contributed by atoms with Crippen LogP contribution in [0.4, 0.5) is 0 Å². The van der Waals surface area contributed by atoms with E-state index < -0.39 is 11.1 Å². The van der Waals surface area contributed by atoms with Crippen molar-refractivity contribution in [1.82, 2.24) is 19.0 Å². The molecule has 1 aliphatic rings. The number of rotatable bonds is 5. The number of phenols is 1. The zero-order valence-electron chi connectivity index (χ0n) is 21.7. The van der Waals surface area contributed by atoms with Gasteiger partial charge >= 0.3 is 11.1 Å². The van der Waals surface area contributed by atoms with Crippen LogP contribution >= 0.6 is 11.6 Å². The highest BCUT2D eigenvalue weighted by Gasteiger charge is 2.31. The van der Waals surface area contributed by atoms with E-state index in [1.807, 2.05) is 37.3 Å². The number of halogens is 1. The van der Waals surface area contributed by atoms with Gasteiger partial charge in [0.15, 0.2) is 0 Å². The number of hydrogen-bond acceptors (Lipinski definition) is 5. The summed E-state index contributed by atoms with van der Waals surface area (Å²) in [6.45, 7) is 6.52. The zero-order valence-corrected chi connectivity index (χ0v) is 22.4. The highest BCUT2D eigenvalue weighted by Crippen LogP contribution is 2.38. The van der Waals surface area contributed by atoms with Crippen molar-refractivity contribution in [3.8, 4) is 22.7 Å². The molecule has 8 nitrogen and oxygen atoms in total. The average Bonchev–Trinajstić information content (AvgIpc) is 2.92. The van der Waals surface area contributed by atoms with Gasteiger partial charge in [0.05, 0.1) is 16.1 Å². The van der Waals surface area contributed by atoms with Crippen LogP contribution in [-0.2, 0) is 11.3 Å². The average molecular weight is 553 g/mol. The van der Waals surface area contributed by atoms with E-state index >= 15 is 0 Å². The van der Waals surface area contributed by atoms with Gasteiger partial charge in [-0.15, -0.1) is 0 Å². The summed E-state index contributed by atoms with van der Waals surface area (Å²) >= 11 is 6.89. The minimum Gasteiger partial charge on any atom is -0.508 e. The molecule has 1 aliphatic heterocycles. The van der Waals surface area contributed by atoms with E-state index in [0.717, 1.165) is 16.3 Å². The van der Waals surface area contributed by atoms with E-state index in [4.69, 9.17) is 11.6 Å². The number of carbonyl (C=O) groups is 1. The van der Waals surface area contributed by atoms with Crippen LogP contribution in [0.15, 0.2) is 89.1 Å². The third kappa shape index (κ3) is 4.17. The Kier molecular flexibility index (Phi) is 6.27. The van der Waals surface area contributed by atoms with Crippen LogP contribution in [0.1, 0.15) is 5.56 Å².